The van der Waals surface area contributed by atoms with Gasteiger partial charge >= 0.3 is 0 Å². The van der Waals surface area contributed by atoms with E-state index < -0.39 is 0 Å². The number of imidazole rings is 1. The summed E-state index contributed by atoms with van der Waals surface area (Å²) in [5, 5.41) is 3.40. The van der Waals surface area contributed by atoms with Crippen molar-refractivity contribution in [3.63, 3.8) is 0 Å². The van der Waals surface area contributed by atoms with Crippen LogP contribution in [-0.4, -0.2) is 23.3 Å². The van der Waals surface area contributed by atoms with Crippen molar-refractivity contribution >= 4 is 23.2 Å². The summed E-state index contributed by atoms with van der Waals surface area (Å²) in [7, 11) is 1.65. The summed E-state index contributed by atoms with van der Waals surface area (Å²) in [6.45, 7) is 2.59. The molecule has 0 fully saturated rings. The third-order valence-corrected chi connectivity index (χ3v) is 3.04. The van der Waals surface area contributed by atoms with Crippen LogP contribution >= 0.6 is 11.6 Å². The normalized spacial score (nSPS) is 12.4. The summed E-state index contributed by atoms with van der Waals surface area (Å²) in [5.74, 6) is 0.268. The van der Waals surface area contributed by atoms with Crippen LogP contribution in [0.3, 0.4) is 0 Å². The minimum absolute atomic E-state index is 0.134. The number of nitrogens with one attached hydrogen (secondary N) is 1. The number of methoxy groups -OCH3 is 1. The fourth-order valence-corrected chi connectivity index (χ4v) is 2.01. The molecule has 2 rings (SSSR count). The lowest BCUT2D eigenvalue weighted by Gasteiger charge is -2.16. The molecule has 0 aliphatic rings. The van der Waals surface area contributed by atoms with Crippen molar-refractivity contribution in [3.05, 3.63) is 41.4 Å². The van der Waals surface area contributed by atoms with Crippen LogP contribution in [0, 0.1) is 5.82 Å². The molecule has 0 amide bonds. The van der Waals surface area contributed by atoms with Crippen molar-refractivity contribution in [1.82, 2.24) is 9.55 Å². The quantitative estimate of drug-likeness (QED) is 0.911. The molecule has 6 heteroatoms. The molecule has 0 saturated carbocycles. The van der Waals surface area contributed by atoms with Gasteiger partial charge in [0.1, 0.15) is 5.82 Å². The highest BCUT2D eigenvalue weighted by molar-refractivity contribution is 6.33. The Morgan fingerprint density at radius 1 is 1.53 bits per heavy atom. The predicted octanol–water partition coefficient (Wildman–Crippen LogP) is 3.63. The van der Waals surface area contributed by atoms with E-state index in [0.717, 1.165) is 0 Å². The van der Waals surface area contributed by atoms with Gasteiger partial charge in [-0.3, -0.25) is 0 Å². The van der Waals surface area contributed by atoms with E-state index >= 15 is 0 Å². The van der Waals surface area contributed by atoms with Gasteiger partial charge in [0.25, 0.3) is 0 Å². The lowest BCUT2D eigenvalue weighted by Crippen LogP contribution is -2.12. The van der Waals surface area contributed by atoms with Crippen LogP contribution < -0.4 is 5.32 Å². The maximum Gasteiger partial charge on any atom is 0.207 e. The molecule has 1 aromatic carbocycles. The Morgan fingerprint density at radius 2 is 2.32 bits per heavy atom. The molecule has 1 N–H and O–H groups in total. The van der Waals surface area contributed by atoms with E-state index in [-0.39, 0.29) is 11.9 Å². The Bertz CT molecular complexity index is 559. The van der Waals surface area contributed by atoms with Gasteiger partial charge < -0.3 is 14.6 Å². The topological polar surface area (TPSA) is 39.1 Å². The van der Waals surface area contributed by atoms with Crippen LogP contribution in [0.25, 0.3) is 0 Å². The lowest BCUT2D eigenvalue weighted by molar-refractivity contribution is 0.163. The van der Waals surface area contributed by atoms with E-state index in [1.54, 1.807) is 19.4 Å². The summed E-state index contributed by atoms with van der Waals surface area (Å²) >= 11 is 5.98. The summed E-state index contributed by atoms with van der Waals surface area (Å²) in [5.41, 5.74) is 0.611. The Kier molecular flexibility index (Phi) is 4.39. The second-order valence-corrected chi connectivity index (χ2v) is 4.62. The van der Waals surface area contributed by atoms with Crippen LogP contribution in [0.1, 0.15) is 13.0 Å². The fraction of sp³-hybridized carbons (Fsp3) is 0.308. The van der Waals surface area contributed by atoms with Crippen LogP contribution in [0.15, 0.2) is 30.6 Å². The van der Waals surface area contributed by atoms with Gasteiger partial charge in [-0.15, -0.1) is 0 Å². The van der Waals surface area contributed by atoms with E-state index in [4.69, 9.17) is 16.3 Å². The van der Waals surface area contributed by atoms with Crippen molar-refractivity contribution in [2.45, 2.75) is 13.0 Å². The smallest absolute Gasteiger partial charge is 0.207 e. The molecule has 4 nitrogen and oxygen atoms in total. The summed E-state index contributed by atoms with van der Waals surface area (Å²) < 4.78 is 20.0. The summed E-state index contributed by atoms with van der Waals surface area (Å²) in [6.07, 6.45) is 3.54. The average molecular weight is 284 g/mol. The number of hydrogen-bond acceptors (Lipinski definition) is 3. The fourth-order valence-electron chi connectivity index (χ4n) is 1.80. The van der Waals surface area contributed by atoms with Gasteiger partial charge in [0.2, 0.25) is 5.95 Å². The van der Waals surface area contributed by atoms with Gasteiger partial charge in [-0.1, -0.05) is 11.6 Å². The average Bonchev–Trinajstić information content (AvgIpc) is 2.81. The first kappa shape index (κ1) is 13.8. The largest absolute Gasteiger partial charge is 0.383 e. The molecule has 2 aromatic rings. The van der Waals surface area contributed by atoms with Crippen molar-refractivity contribution in [2.24, 2.45) is 0 Å². The number of halogens is 2. The van der Waals surface area contributed by atoms with Crippen molar-refractivity contribution in [3.8, 4) is 0 Å². The Morgan fingerprint density at radius 3 is 3.00 bits per heavy atom. The zero-order valence-electron chi connectivity index (χ0n) is 10.7. The number of aromatic nitrogens is 2. The van der Waals surface area contributed by atoms with Crippen molar-refractivity contribution < 1.29 is 9.13 Å². The van der Waals surface area contributed by atoms with Gasteiger partial charge in [-0.25, -0.2) is 9.37 Å². The lowest BCUT2D eigenvalue weighted by atomic mass is 10.3. The second kappa shape index (κ2) is 6.04. The maximum atomic E-state index is 13.0. The predicted molar refractivity (Wildman–Crippen MR) is 73.5 cm³/mol. The van der Waals surface area contributed by atoms with E-state index in [0.29, 0.717) is 23.3 Å². The minimum atomic E-state index is -0.369. The third kappa shape index (κ3) is 3.24. The van der Waals surface area contributed by atoms with E-state index in [9.17, 15) is 4.39 Å². The zero-order valence-corrected chi connectivity index (χ0v) is 11.5. The zero-order chi connectivity index (χ0) is 13.8. The van der Waals surface area contributed by atoms with E-state index in [2.05, 4.69) is 10.3 Å². The monoisotopic (exact) mass is 283 g/mol. The van der Waals surface area contributed by atoms with Gasteiger partial charge in [0, 0.05) is 19.5 Å². The van der Waals surface area contributed by atoms with Gasteiger partial charge in [-0.2, -0.15) is 0 Å². The molecule has 102 valence electrons. The molecule has 1 heterocycles. The Labute approximate surface area is 116 Å². The molecular weight excluding hydrogens is 269 g/mol. The highest BCUT2D eigenvalue weighted by atomic mass is 35.5. The van der Waals surface area contributed by atoms with Gasteiger partial charge in [0.15, 0.2) is 0 Å². The molecule has 1 atom stereocenters. The number of nitrogens with zero attached hydrogens (tertiary/aromatic N) is 2. The molecule has 0 spiro atoms. The molecule has 1 unspecified atom stereocenters. The number of hydrogen-bond donors (Lipinski definition) is 1. The van der Waals surface area contributed by atoms with Crippen LogP contribution in [0.4, 0.5) is 16.0 Å². The first-order chi connectivity index (χ1) is 9.11. The Balaban J connectivity index is 2.21. The highest BCUT2D eigenvalue weighted by Gasteiger charge is 2.11. The summed E-state index contributed by atoms with van der Waals surface area (Å²) in [6, 6.07) is 4.32. The molecule has 19 heavy (non-hydrogen) atoms. The second-order valence-electron chi connectivity index (χ2n) is 4.21. The minimum Gasteiger partial charge on any atom is -0.383 e. The third-order valence-electron chi connectivity index (χ3n) is 2.73. The number of rotatable bonds is 5. The van der Waals surface area contributed by atoms with E-state index in [1.807, 2.05) is 17.7 Å². The first-order valence-electron chi connectivity index (χ1n) is 5.85. The highest BCUT2D eigenvalue weighted by Crippen LogP contribution is 2.26. The molecule has 0 bridgehead atoms. The van der Waals surface area contributed by atoms with Crippen LogP contribution in [0.5, 0.6) is 0 Å². The SMILES string of the molecule is COCC(C)n1ccnc1Nc1ccc(F)cc1Cl. The maximum absolute atomic E-state index is 13.0. The number of ether oxygens (including phenoxy) is 1. The van der Waals surface area contributed by atoms with Crippen molar-refractivity contribution in [2.75, 3.05) is 19.0 Å². The molecule has 0 radical (unpaired) electrons. The molecule has 0 aliphatic carbocycles. The molecule has 0 aliphatic heterocycles. The van der Waals surface area contributed by atoms with Gasteiger partial charge in [-0.05, 0) is 25.1 Å². The standard InChI is InChI=1S/C13H15ClFN3O/c1-9(8-19-2)18-6-5-16-13(18)17-12-4-3-10(15)7-11(12)14/h3-7,9H,8H2,1-2H3,(H,16,17). The van der Waals surface area contributed by atoms with Crippen LogP contribution in [0.2, 0.25) is 5.02 Å². The first-order valence-corrected chi connectivity index (χ1v) is 6.23. The van der Waals surface area contributed by atoms with Gasteiger partial charge in [0.05, 0.1) is 23.4 Å². The van der Waals surface area contributed by atoms with E-state index in [1.165, 1.54) is 12.1 Å². The Hall–Kier alpha value is -1.59. The summed E-state index contributed by atoms with van der Waals surface area (Å²) in [4.78, 5) is 4.22. The number of anilines is 2. The molecule has 1 aromatic heterocycles. The molecule has 0 saturated heterocycles. The van der Waals surface area contributed by atoms with Crippen molar-refractivity contribution in [1.29, 1.82) is 0 Å². The van der Waals surface area contributed by atoms with Crippen LogP contribution in [-0.2, 0) is 4.74 Å². The number of benzene rings is 1. The molecular formula is C13H15ClFN3O.